The second-order valence-corrected chi connectivity index (χ2v) is 7.86. The third-order valence-corrected chi connectivity index (χ3v) is 5.75. The summed E-state index contributed by atoms with van der Waals surface area (Å²) in [5.41, 5.74) is 1.80. The van der Waals surface area contributed by atoms with Crippen LogP contribution in [0.15, 0.2) is 12.1 Å². The molecule has 25 heavy (non-hydrogen) atoms. The number of rotatable bonds is 1. The smallest absolute Gasteiger partial charge is 0.399 e. The Bertz CT molecular complexity index is 888. The Morgan fingerprint density at radius 1 is 1.20 bits per heavy atom. The maximum absolute atomic E-state index is 14.4. The summed E-state index contributed by atoms with van der Waals surface area (Å²) >= 11 is 0. The average Bonchev–Trinajstić information content (AvgIpc) is 2.91. The van der Waals surface area contributed by atoms with Crippen molar-refractivity contribution in [1.29, 1.82) is 0 Å². The Morgan fingerprint density at radius 3 is 2.48 bits per heavy atom. The first kappa shape index (κ1) is 16.6. The number of benzene rings is 1. The average molecular weight is 344 g/mol. The lowest BCUT2D eigenvalue weighted by Crippen LogP contribution is -2.41. The van der Waals surface area contributed by atoms with Crippen LogP contribution < -0.4 is 10.8 Å². The maximum Gasteiger partial charge on any atom is 0.497 e. The fourth-order valence-electron chi connectivity index (χ4n) is 3.68. The monoisotopic (exact) mass is 344 g/mol. The third-order valence-electron chi connectivity index (χ3n) is 5.75. The molecular weight excluding hydrogens is 322 g/mol. The minimum atomic E-state index is -0.674. The van der Waals surface area contributed by atoms with Gasteiger partial charge in [0.1, 0.15) is 11.5 Å². The number of carbonyl (C=O) groups is 1. The van der Waals surface area contributed by atoms with E-state index in [2.05, 4.69) is 5.32 Å². The first-order chi connectivity index (χ1) is 11.6. The van der Waals surface area contributed by atoms with E-state index >= 15 is 0 Å². The van der Waals surface area contributed by atoms with Gasteiger partial charge in [0.25, 0.3) is 5.91 Å². The van der Waals surface area contributed by atoms with Crippen LogP contribution in [0.4, 0.5) is 4.39 Å². The SMILES string of the molecule is Cc1c2n(c3c(B4OC(C)(C)C(C)(C)O4)cc(F)cc13)CCNC2=O. The summed E-state index contributed by atoms with van der Waals surface area (Å²) in [6.07, 6.45) is 0. The number of carbonyl (C=O) groups excluding carboxylic acids is 1. The molecule has 1 aromatic heterocycles. The number of amides is 1. The van der Waals surface area contributed by atoms with E-state index in [4.69, 9.17) is 9.31 Å². The van der Waals surface area contributed by atoms with Crippen molar-refractivity contribution in [3.05, 3.63) is 29.2 Å². The van der Waals surface area contributed by atoms with Crippen molar-refractivity contribution >= 4 is 29.4 Å². The number of nitrogens with one attached hydrogen (secondary N) is 1. The van der Waals surface area contributed by atoms with Crippen molar-refractivity contribution in [1.82, 2.24) is 9.88 Å². The van der Waals surface area contributed by atoms with Gasteiger partial charge in [-0.3, -0.25) is 4.79 Å². The molecule has 0 atom stereocenters. The molecule has 0 aliphatic carbocycles. The van der Waals surface area contributed by atoms with Gasteiger partial charge < -0.3 is 19.2 Å². The minimum absolute atomic E-state index is 0.125. The van der Waals surface area contributed by atoms with Gasteiger partial charge in [0.2, 0.25) is 0 Å². The van der Waals surface area contributed by atoms with Crippen LogP contribution in [-0.4, -0.2) is 35.3 Å². The number of hydrogen-bond donors (Lipinski definition) is 1. The molecule has 0 spiro atoms. The van der Waals surface area contributed by atoms with E-state index in [0.29, 0.717) is 24.2 Å². The third kappa shape index (κ3) is 2.25. The largest absolute Gasteiger partial charge is 0.497 e. The number of aryl methyl sites for hydroxylation is 1. The van der Waals surface area contributed by atoms with E-state index < -0.39 is 18.3 Å². The summed E-state index contributed by atoms with van der Waals surface area (Å²) in [7, 11) is -0.674. The molecule has 7 heteroatoms. The van der Waals surface area contributed by atoms with Crippen molar-refractivity contribution in [2.45, 2.75) is 52.4 Å². The van der Waals surface area contributed by atoms with Crippen LogP contribution in [0.5, 0.6) is 0 Å². The van der Waals surface area contributed by atoms with Crippen molar-refractivity contribution in [3.63, 3.8) is 0 Å². The molecule has 3 heterocycles. The van der Waals surface area contributed by atoms with Gasteiger partial charge in [-0.25, -0.2) is 4.39 Å². The van der Waals surface area contributed by atoms with Gasteiger partial charge in [0.05, 0.1) is 11.2 Å². The zero-order valence-corrected chi connectivity index (χ0v) is 15.2. The highest BCUT2D eigenvalue weighted by Crippen LogP contribution is 2.37. The summed E-state index contributed by atoms with van der Waals surface area (Å²) in [6.45, 7) is 10.9. The minimum Gasteiger partial charge on any atom is -0.399 e. The second-order valence-electron chi connectivity index (χ2n) is 7.86. The van der Waals surface area contributed by atoms with Gasteiger partial charge in [0, 0.05) is 29.5 Å². The number of hydrogen-bond acceptors (Lipinski definition) is 3. The highest BCUT2D eigenvalue weighted by molar-refractivity contribution is 6.65. The molecule has 132 valence electrons. The molecule has 2 aliphatic heterocycles. The normalized spacial score (nSPS) is 21.5. The molecule has 2 aromatic rings. The lowest BCUT2D eigenvalue weighted by Gasteiger charge is -2.32. The van der Waals surface area contributed by atoms with Crippen LogP contribution in [0.2, 0.25) is 0 Å². The lowest BCUT2D eigenvalue weighted by molar-refractivity contribution is 0.00578. The number of fused-ring (bicyclic) bond motifs is 3. The summed E-state index contributed by atoms with van der Waals surface area (Å²) in [6, 6.07) is 2.95. The van der Waals surface area contributed by atoms with Crippen LogP contribution in [-0.2, 0) is 15.9 Å². The summed E-state index contributed by atoms with van der Waals surface area (Å²) in [5.74, 6) is -0.483. The van der Waals surface area contributed by atoms with Crippen LogP contribution in [0, 0.1) is 12.7 Å². The van der Waals surface area contributed by atoms with E-state index in [0.717, 1.165) is 16.5 Å². The summed E-state index contributed by atoms with van der Waals surface area (Å²) < 4.78 is 28.6. The van der Waals surface area contributed by atoms with Crippen molar-refractivity contribution in [3.8, 4) is 0 Å². The van der Waals surface area contributed by atoms with Gasteiger partial charge in [-0.1, -0.05) is 0 Å². The number of aromatic nitrogens is 1. The molecule has 0 unspecified atom stereocenters. The zero-order chi connectivity index (χ0) is 18.1. The second kappa shape index (κ2) is 5.08. The fraction of sp³-hybridized carbons (Fsp3) is 0.500. The van der Waals surface area contributed by atoms with E-state index in [1.165, 1.54) is 12.1 Å². The predicted octanol–water partition coefficient (Wildman–Crippen LogP) is 2.13. The number of nitrogens with zero attached hydrogens (tertiary/aromatic N) is 1. The lowest BCUT2D eigenvalue weighted by atomic mass is 9.77. The van der Waals surface area contributed by atoms with E-state index in [9.17, 15) is 9.18 Å². The van der Waals surface area contributed by atoms with Gasteiger partial charge in [0.15, 0.2) is 0 Å². The standard InChI is InChI=1S/C18H22BFN2O3/c1-10-12-8-11(20)9-13(19-24-17(2,3)18(4,5)25-19)15(12)22-7-6-21-16(23)14(10)22/h8-9H,6-7H2,1-5H3,(H,21,23). The van der Waals surface area contributed by atoms with Gasteiger partial charge in [-0.15, -0.1) is 0 Å². The number of halogens is 1. The van der Waals surface area contributed by atoms with E-state index in [1.807, 2.05) is 39.2 Å². The van der Waals surface area contributed by atoms with Gasteiger partial charge in [-0.2, -0.15) is 0 Å². The van der Waals surface area contributed by atoms with Crippen LogP contribution in [0.25, 0.3) is 10.9 Å². The molecule has 0 saturated carbocycles. The van der Waals surface area contributed by atoms with Crippen LogP contribution in [0.1, 0.15) is 43.7 Å². The molecule has 1 amide bonds. The first-order valence-electron chi connectivity index (χ1n) is 8.58. The molecular formula is C18H22BFN2O3. The first-order valence-corrected chi connectivity index (χ1v) is 8.58. The predicted molar refractivity (Wildman–Crippen MR) is 94.7 cm³/mol. The van der Waals surface area contributed by atoms with Crippen LogP contribution in [0.3, 0.4) is 0 Å². The van der Waals surface area contributed by atoms with E-state index in [-0.39, 0.29) is 11.7 Å². The Labute approximate surface area is 146 Å². The highest BCUT2D eigenvalue weighted by atomic mass is 19.1. The van der Waals surface area contributed by atoms with Crippen LogP contribution >= 0.6 is 0 Å². The molecule has 1 N–H and O–H groups in total. The molecule has 5 nitrogen and oxygen atoms in total. The Kier molecular flexibility index (Phi) is 3.37. The molecule has 4 rings (SSSR count). The fourth-order valence-corrected chi connectivity index (χ4v) is 3.68. The topological polar surface area (TPSA) is 52.5 Å². The van der Waals surface area contributed by atoms with Crippen molar-refractivity contribution in [2.75, 3.05) is 6.54 Å². The summed E-state index contributed by atoms with van der Waals surface area (Å²) in [5, 5.41) is 3.59. The molecule has 1 fully saturated rings. The molecule has 0 bridgehead atoms. The van der Waals surface area contributed by atoms with Crippen molar-refractivity contribution < 1.29 is 18.5 Å². The molecule has 1 aromatic carbocycles. The Hall–Kier alpha value is -1.86. The quantitative estimate of drug-likeness (QED) is 0.807. The van der Waals surface area contributed by atoms with Gasteiger partial charge in [-0.05, 0) is 52.3 Å². The zero-order valence-electron chi connectivity index (χ0n) is 15.2. The van der Waals surface area contributed by atoms with Crippen molar-refractivity contribution in [2.24, 2.45) is 0 Å². The Balaban J connectivity index is 1.97. The Morgan fingerprint density at radius 2 is 1.84 bits per heavy atom. The maximum atomic E-state index is 14.4. The highest BCUT2D eigenvalue weighted by Gasteiger charge is 2.52. The molecule has 0 radical (unpaired) electrons. The van der Waals surface area contributed by atoms with E-state index in [1.54, 1.807) is 0 Å². The molecule has 2 aliphatic rings. The molecule has 1 saturated heterocycles. The van der Waals surface area contributed by atoms with Gasteiger partial charge >= 0.3 is 7.12 Å². The summed E-state index contributed by atoms with van der Waals surface area (Å²) in [4.78, 5) is 12.3.